The minimum absolute atomic E-state index is 0.0248. The first-order chi connectivity index (χ1) is 14.5. The summed E-state index contributed by atoms with van der Waals surface area (Å²) >= 11 is 0. The first kappa shape index (κ1) is 22.1. The summed E-state index contributed by atoms with van der Waals surface area (Å²) in [5, 5.41) is 2.35. The maximum absolute atomic E-state index is 13.5. The van der Waals surface area contributed by atoms with Crippen LogP contribution >= 0.6 is 0 Å². The average Bonchev–Trinajstić information content (AvgIpc) is 2.71. The summed E-state index contributed by atoms with van der Waals surface area (Å²) in [7, 11) is 0. The summed E-state index contributed by atoms with van der Waals surface area (Å²) in [4.78, 5) is 20.2. The first-order valence-corrected chi connectivity index (χ1v) is 8.69. The highest BCUT2D eigenvalue weighted by atomic mass is 19.4. The average molecular weight is 440 g/mol. The molecule has 2 heterocycles. The Morgan fingerprint density at radius 2 is 1.48 bits per heavy atom. The van der Waals surface area contributed by atoms with E-state index in [2.05, 4.69) is 15.3 Å². The molecule has 0 aliphatic heterocycles. The van der Waals surface area contributed by atoms with E-state index in [4.69, 9.17) is 5.73 Å². The fourth-order valence-electron chi connectivity index (χ4n) is 2.87. The molecule has 0 spiro atoms. The lowest BCUT2D eigenvalue weighted by molar-refractivity contribution is -0.139. The van der Waals surface area contributed by atoms with Gasteiger partial charge in [0.25, 0.3) is 5.91 Å². The molecule has 11 heteroatoms. The predicted octanol–water partition coefficient (Wildman–Crippen LogP) is 4.62. The van der Waals surface area contributed by atoms with Gasteiger partial charge in [0.1, 0.15) is 0 Å². The van der Waals surface area contributed by atoms with Crippen LogP contribution in [0.1, 0.15) is 38.9 Å². The van der Waals surface area contributed by atoms with Crippen LogP contribution in [0, 0.1) is 0 Å². The maximum Gasteiger partial charge on any atom is 0.418 e. The van der Waals surface area contributed by atoms with Gasteiger partial charge in [-0.05, 0) is 42.0 Å². The molecule has 1 amide bonds. The lowest BCUT2D eigenvalue weighted by Crippen LogP contribution is -2.32. The zero-order valence-corrected chi connectivity index (χ0v) is 15.5. The van der Waals surface area contributed by atoms with Gasteiger partial charge < -0.3 is 11.1 Å². The predicted molar refractivity (Wildman–Crippen MR) is 98.6 cm³/mol. The molecule has 1 unspecified atom stereocenters. The Kier molecular flexibility index (Phi) is 5.87. The van der Waals surface area contributed by atoms with E-state index in [1.165, 1.54) is 18.3 Å². The number of nitrogens with zero attached hydrogens (tertiary/aromatic N) is 2. The van der Waals surface area contributed by atoms with Crippen molar-refractivity contribution in [2.75, 3.05) is 5.73 Å². The smallest absolute Gasteiger partial charge is 0.397 e. The molecule has 5 nitrogen and oxygen atoms in total. The molecule has 0 aliphatic carbocycles. The summed E-state index contributed by atoms with van der Waals surface area (Å²) < 4.78 is 79.3. The lowest BCUT2D eigenvalue weighted by atomic mass is 9.97. The maximum atomic E-state index is 13.5. The van der Waals surface area contributed by atoms with Gasteiger partial charge in [-0.15, -0.1) is 0 Å². The second-order valence-electron chi connectivity index (χ2n) is 6.40. The molecule has 3 rings (SSSR count). The highest BCUT2D eigenvalue weighted by Gasteiger charge is 2.37. The number of carbonyl (C=O) groups excluding carboxylic acids is 1. The van der Waals surface area contributed by atoms with E-state index in [-0.39, 0.29) is 16.9 Å². The molecule has 0 radical (unpaired) electrons. The van der Waals surface area contributed by atoms with Gasteiger partial charge in [0, 0.05) is 12.4 Å². The monoisotopic (exact) mass is 440 g/mol. The molecule has 0 aliphatic rings. The molecule has 3 aromatic rings. The molecular weight excluding hydrogens is 426 g/mol. The van der Waals surface area contributed by atoms with E-state index in [1.54, 1.807) is 0 Å². The molecular formula is C20H14F6N4O. The van der Waals surface area contributed by atoms with Crippen LogP contribution in [0.5, 0.6) is 0 Å². The Balaban J connectivity index is 2.09. The minimum Gasteiger partial charge on any atom is -0.397 e. The number of aromatic nitrogens is 2. The molecule has 0 bridgehead atoms. The Labute approximate surface area is 171 Å². The number of carbonyl (C=O) groups is 1. The number of anilines is 1. The van der Waals surface area contributed by atoms with E-state index >= 15 is 0 Å². The zero-order chi connectivity index (χ0) is 22.8. The van der Waals surface area contributed by atoms with Crippen LogP contribution in [0.25, 0.3) is 0 Å². The molecule has 1 aromatic carbocycles. The largest absolute Gasteiger partial charge is 0.418 e. The quantitative estimate of drug-likeness (QED) is 0.581. The molecule has 0 saturated carbocycles. The standard InChI is InChI=1S/C20H14F6N4O/c21-19(22,23)12-7-5-11(6-8-12)15(16-13(20(24,25)26)3-1-9-28-16)30-18(31)17-14(27)4-2-10-29-17/h1-10,15H,27H2,(H,30,31). The number of pyridine rings is 2. The third-order valence-corrected chi connectivity index (χ3v) is 4.32. The topological polar surface area (TPSA) is 80.9 Å². The van der Waals surface area contributed by atoms with E-state index < -0.39 is 41.1 Å². The van der Waals surface area contributed by atoms with Gasteiger partial charge in [0.15, 0.2) is 5.69 Å². The van der Waals surface area contributed by atoms with Crippen LogP contribution < -0.4 is 11.1 Å². The summed E-state index contributed by atoms with van der Waals surface area (Å²) in [5.41, 5.74) is 2.66. The van der Waals surface area contributed by atoms with Crippen LogP contribution in [-0.2, 0) is 12.4 Å². The number of nitrogens with two attached hydrogens (primary N) is 1. The van der Waals surface area contributed by atoms with Crippen molar-refractivity contribution in [2.24, 2.45) is 0 Å². The summed E-state index contributed by atoms with van der Waals surface area (Å²) in [6.45, 7) is 0. The molecule has 2 aromatic heterocycles. The van der Waals surface area contributed by atoms with Gasteiger partial charge in [-0.25, -0.2) is 4.98 Å². The fourth-order valence-corrected chi connectivity index (χ4v) is 2.87. The SMILES string of the molecule is Nc1cccnc1C(=O)NC(c1ccc(C(F)(F)F)cc1)c1ncccc1C(F)(F)F. The number of halogens is 6. The zero-order valence-electron chi connectivity index (χ0n) is 15.5. The summed E-state index contributed by atoms with van der Waals surface area (Å²) in [5.74, 6) is -0.915. The number of nitrogen functional groups attached to an aromatic ring is 1. The van der Waals surface area contributed by atoms with Crippen LogP contribution in [0.3, 0.4) is 0 Å². The second-order valence-corrected chi connectivity index (χ2v) is 6.40. The van der Waals surface area contributed by atoms with Crippen molar-refractivity contribution in [2.45, 2.75) is 18.4 Å². The van der Waals surface area contributed by atoms with E-state index in [9.17, 15) is 31.1 Å². The highest BCUT2D eigenvalue weighted by Crippen LogP contribution is 2.36. The molecule has 31 heavy (non-hydrogen) atoms. The van der Waals surface area contributed by atoms with Crippen molar-refractivity contribution in [3.63, 3.8) is 0 Å². The lowest BCUT2D eigenvalue weighted by Gasteiger charge is -2.23. The summed E-state index contributed by atoms with van der Waals surface area (Å²) in [6.07, 6.45) is -7.10. The normalized spacial score (nSPS) is 13.0. The Morgan fingerprint density at radius 1 is 0.871 bits per heavy atom. The number of nitrogens with one attached hydrogen (secondary N) is 1. The van der Waals surface area contributed by atoms with Crippen molar-refractivity contribution in [1.82, 2.24) is 15.3 Å². The van der Waals surface area contributed by atoms with Crippen molar-refractivity contribution in [3.05, 3.63) is 89.0 Å². The van der Waals surface area contributed by atoms with Gasteiger partial charge in [0.2, 0.25) is 0 Å². The Bertz CT molecular complexity index is 1080. The van der Waals surface area contributed by atoms with Gasteiger partial charge in [-0.1, -0.05) is 12.1 Å². The third-order valence-electron chi connectivity index (χ3n) is 4.32. The molecule has 0 fully saturated rings. The summed E-state index contributed by atoms with van der Waals surface area (Å²) in [6, 6.07) is 6.51. The van der Waals surface area contributed by atoms with Crippen molar-refractivity contribution in [1.29, 1.82) is 0 Å². The van der Waals surface area contributed by atoms with E-state index in [0.29, 0.717) is 12.1 Å². The van der Waals surface area contributed by atoms with Gasteiger partial charge in [0.05, 0.1) is 28.6 Å². The van der Waals surface area contributed by atoms with Gasteiger partial charge in [-0.3, -0.25) is 9.78 Å². The molecule has 0 saturated heterocycles. The van der Waals surface area contributed by atoms with Crippen LogP contribution in [-0.4, -0.2) is 15.9 Å². The van der Waals surface area contributed by atoms with Crippen LogP contribution in [0.4, 0.5) is 32.0 Å². The third kappa shape index (κ3) is 4.93. The fraction of sp³-hybridized carbons (Fsp3) is 0.150. The number of hydrogen-bond acceptors (Lipinski definition) is 4. The Hall–Kier alpha value is -3.63. The molecule has 1 atom stereocenters. The first-order valence-electron chi connectivity index (χ1n) is 8.69. The van der Waals surface area contributed by atoms with Gasteiger partial charge in [-0.2, -0.15) is 26.3 Å². The molecule has 3 N–H and O–H groups in total. The minimum atomic E-state index is -4.82. The highest BCUT2D eigenvalue weighted by molar-refractivity contribution is 5.97. The van der Waals surface area contributed by atoms with Crippen LogP contribution in [0.15, 0.2) is 60.9 Å². The second kappa shape index (κ2) is 8.25. The number of benzene rings is 1. The van der Waals surface area contributed by atoms with Crippen LogP contribution in [0.2, 0.25) is 0 Å². The van der Waals surface area contributed by atoms with Crippen molar-refractivity contribution in [3.8, 4) is 0 Å². The molecule has 162 valence electrons. The van der Waals surface area contributed by atoms with E-state index in [1.807, 2.05) is 0 Å². The number of rotatable bonds is 4. The Morgan fingerprint density at radius 3 is 2.06 bits per heavy atom. The number of alkyl halides is 6. The van der Waals surface area contributed by atoms with Crippen molar-refractivity contribution < 1.29 is 31.1 Å². The number of hydrogen-bond donors (Lipinski definition) is 2. The number of amides is 1. The van der Waals surface area contributed by atoms with E-state index in [0.717, 1.165) is 30.5 Å². The van der Waals surface area contributed by atoms with Gasteiger partial charge >= 0.3 is 12.4 Å². The van der Waals surface area contributed by atoms with Crippen molar-refractivity contribution >= 4 is 11.6 Å².